The van der Waals surface area contributed by atoms with Gasteiger partial charge in [0.25, 0.3) is 0 Å². The first-order chi connectivity index (χ1) is 3.89. The normalized spacial score (nSPS) is 20.6. The van der Waals surface area contributed by atoms with Gasteiger partial charge in [-0.25, -0.2) is 0 Å². The molecule has 7 heavy (non-hydrogen) atoms. The third-order valence-electron chi connectivity index (χ3n) is 0.491. The Bertz CT molecular complexity index is 132. The van der Waals surface area contributed by atoms with Crippen LogP contribution in [0.4, 0.5) is 0 Å². The van der Waals surface area contributed by atoms with Gasteiger partial charge in [0.2, 0.25) is 6.38 Å². The number of rotatable bonds is 0. The van der Waals surface area contributed by atoms with Gasteiger partial charge in [-0.15, -0.1) is 0 Å². The van der Waals surface area contributed by atoms with Crippen molar-refractivity contribution in [2.45, 2.75) is 0 Å². The molecule has 0 saturated carbocycles. The van der Waals surface area contributed by atoms with Gasteiger partial charge >= 0.3 is 0 Å². The summed E-state index contributed by atoms with van der Waals surface area (Å²) in [6.07, 6.45) is 2.82. The second kappa shape index (κ2) is 2.23. The van der Waals surface area contributed by atoms with E-state index < -0.39 is 0 Å². The largest absolute Gasteiger partial charge is 0.476 e. The molecular formula is C4H5NO2. The summed E-state index contributed by atoms with van der Waals surface area (Å²) >= 11 is 0. The first-order valence-electron chi connectivity index (χ1n) is 2.38. The topological polar surface area (TPSA) is 30.8 Å². The molecule has 0 aliphatic carbocycles. The lowest BCUT2D eigenvalue weighted by atomic mass is 10.7. The van der Waals surface area contributed by atoms with Crippen molar-refractivity contribution in [3.63, 3.8) is 0 Å². The second-order valence-corrected chi connectivity index (χ2v) is 0.971. The minimum atomic E-state index is -0.185. The lowest BCUT2D eigenvalue weighted by Crippen LogP contribution is -1.82. The fraction of sp³-hybridized carbons (Fsp3) is 0.250. The van der Waals surface area contributed by atoms with Crippen LogP contribution >= 0.6 is 0 Å². The molecule has 1 aliphatic heterocycles. The van der Waals surface area contributed by atoms with Gasteiger partial charge in [-0.3, -0.25) is 0 Å². The van der Waals surface area contributed by atoms with E-state index in [0.717, 1.165) is 0 Å². The smallest absolute Gasteiger partial charge is 0.213 e. The highest BCUT2D eigenvalue weighted by Gasteiger charge is 1.79. The number of oxime groups is 1. The molecule has 38 valence electrons. The van der Waals surface area contributed by atoms with E-state index in [9.17, 15) is 0 Å². The Morgan fingerprint density at radius 2 is 2.86 bits per heavy atom. The zero-order valence-corrected chi connectivity index (χ0v) is 3.63. The molecule has 3 nitrogen and oxygen atoms in total. The predicted molar refractivity (Wildman–Crippen MR) is 24.7 cm³/mol. The highest BCUT2D eigenvalue weighted by Crippen LogP contribution is 1.83. The Balaban J connectivity index is 2.48. The number of hydrogen-bond donors (Lipinski definition) is 0. The molecule has 1 aliphatic rings. The summed E-state index contributed by atoms with van der Waals surface area (Å²) < 4.78 is 11.4. The van der Waals surface area contributed by atoms with Crippen molar-refractivity contribution in [1.29, 1.82) is 0 Å². The fourth-order valence-electron chi connectivity index (χ4n) is 0.246. The monoisotopic (exact) mass is 100 g/mol. The first-order valence-corrected chi connectivity index (χ1v) is 1.88. The molecule has 0 unspecified atom stereocenters. The van der Waals surface area contributed by atoms with Gasteiger partial charge in [-0.1, -0.05) is 5.16 Å². The highest BCUT2D eigenvalue weighted by molar-refractivity contribution is 5.45. The van der Waals surface area contributed by atoms with Crippen LogP contribution in [-0.2, 0) is 9.57 Å². The number of hydrogen-bond acceptors (Lipinski definition) is 3. The zero-order chi connectivity index (χ0) is 5.82. The molecule has 1 heterocycles. The van der Waals surface area contributed by atoms with Gasteiger partial charge in [0.15, 0.2) is 0 Å². The lowest BCUT2D eigenvalue weighted by Gasteiger charge is -1.83. The van der Waals surface area contributed by atoms with E-state index in [4.69, 9.17) is 1.37 Å². The maximum absolute atomic E-state index is 6.77. The van der Waals surface area contributed by atoms with Crippen molar-refractivity contribution >= 4 is 6.38 Å². The summed E-state index contributed by atoms with van der Waals surface area (Å²) in [5.41, 5.74) is 0. The van der Waals surface area contributed by atoms with Crippen LogP contribution in [0.2, 0.25) is 0 Å². The lowest BCUT2D eigenvalue weighted by molar-refractivity contribution is 0.263. The molecule has 0 N–H and O–H groups in total. The standard InChI is InChI=1S/C4H5NO2/c1-2-6-4-5-7-3-1/h1,3-4H,2H2/i4D. The number of nitrogens with zero attached hydrogens (tertiary/aromatic N) is 1. The van der Waals surface area contributed by atoms with Gasteiger partial charge in [0.05, 0.1) is 0 Å². The SMILES string of the molecule is [2H]C1=NOC=CCO1. The van der Waals surface area contributed by atoms with Gasteiger partial charge in [-0.2, -0.15) is 0 Å². The molecule has 0 aromatic rings. The van der Waals surface area contributed by atoms with Gasteiger partial charge in [0, 0.05) is 0 Å². The summed E-state index contributed by atoms with van der Waals surface area (Å²) in [5.74, 6) is 0. The second-order valence-electron chi connectivity index (χ2n) is 0.971. The van der Waals surface area contributed by atoms with Crippen LogP contribution in [0.1, 0.15) is 1.37 Å². The molecule has 0 aromatic carbocycles. The summed E-state index contributed by atoms with van der Waals surface area (Å²) in [6, 6.07) is 0. The third kappa shape index (κ3) is 1.26. The summed E-state index contributed by atoms with van der Waals surface area (Å²) in [6.45, 7) is 0.363. The minimum absolute atomic E-state index is 0.185. The summed E-state index contributed by atoms with van der Waals surface area (Å²) in [5, 5.41) is 3.20. The van der Waals surface area contributed by atoms with Crippen molar-refractivity contribution in [1.82, 2.24) is 0 Å². The molecule has 3 heteroatoms. The van der Waals surface area contributed by atoms with E-state index >= 15 is 0 Å². The maximum Gasteiger partial charge on any atom is 0.213 e. The van der Waals surface area contributed by atoms with Gasteiger partial charge < -0.3 is 9.57 Å². The van der Waals surface area contributed by atoms with Crippen LogP contribution in [0.25, 0.3) is 0 Å². The van der Waals surface area contributed by atoms with E-state index in [-0.39, 0.29) is 6.38 Å². The molecule has 0 radical (unpaired) electrons. The molecule has 0 amide bonds. The quantitative estimate of drug-likeness (QED) is 0.443. The molecule has 1 rings (SSSR count). The predicted octanol–water partition coefficient (Wildman–Crippen LogP) is 0.490. The average Bonchev–Trinajstić information content (AvgIpc) is 1.94. The van der Waals surface area contributed by atoms with Crippen LogP contribution in [0.3, 0.4) is 0 Å². The van der Waals surface area contributed by atoms with E-state index in [1.165, 1.54) is 6.26 Å². The Labute approximate surface area is 42.6 Å². The summed E-state index contributed by atoms with van der Waals surface area (Å²) in [4.78, 5) is 4.40. The van der Waals surface area contributed by atoms with E-state index in [0.29, 0.717) is 6.61 Å². The van der Waals surface area contributed by atoms with Crippen LogP contribution < -0.4 is 0 Å². The highest BCUT2D eigenvalue weighted by atomic mass is 16.6. The van der Waals surface area contributed by atoms with Crippen molar-refractivity contribution in [3.05, 3.63) is 12.3 Å². The van der Waals surface area contributed by atoms with Crippen molar-refractivity contribution in [2.24, 2.45) is 5.16 Å². The zero-order valence-electron chi connectivity index (χ0n) is 4.63. The molecule has 0 saturated heterocycles. The van der Waals surface area contributed by atoms with Crippen LogP contribution in [-0.4, -0.2) is 13.0 Å². The Morgan fingerprint density at radius 3 is 3.86 bits per heavy atom. The van der Waals surface area contributed by atoms with E-state index in [2.05, 4.69) is 14.7 Å². The average molecular weight is 100 g/mol. The minimum Gasteiger partial charge on any atom is -0.476 e. The van der Waals surface area contributed by atoms with Crippen LogP contribution in [0, 0.1) is 0 Å². The molecule has 0 spiro atoms. The van der Waals surface area contributed by atoms with Crippen molar-refractivity contribution in [2.75, 3.05) is 6.61 Å². The van der Waals surface area contributed by atoms with E-state index in [1.807, 2.05) is 0 Å². The molecular weight excluding hydrogens is 94.0 g/mol. The Morgan fingerprint density at radius 1 is 1.86 bits per heavy atom. The maximum atomic E-state index is 6.77. The van der Waals surface area contributed by atoms with Crippen LogP contribution in [0.15, 0.2) is 17.5 Å². The Hall–Kier alpha value is -0.990. The number of ether oxygens (including phenoxy) is 1. The van der Waals surface area contributed by atoms with Crippen LogP contribution in [0.5, 0.6) is 0 Å². The van der Waals surface area contributed by atoms with Gasteiger partial charge in [0.1, 0.15) is 14.2 Å². The fourth-order valence-corrected chi connectivity index (χ4v) is 0.246. The first kappa shape index (κ1) is 3.07. The van der Waals surface area contributed by atoms with Crippen molar-refractivity contribution in [3.8, 4) is 0 Å². The van der Waals surface area contributed by atoms with E-state index in [1.54, 1.807) is 6.08 Å². The summed E-state index contributed by atoms with van der Waals surface area (Å²) in [7, 11) is 0. The van der Waals surface area contributed by atoms with Crippen molar-refractivity contribution < 1.29 is 10.9 Å². The third-order valence-corrected chi connectivity index (χ3v) is 0.491. The van der Waals surface area contributed by atoms with Gasteiger partial charge in [-0.05, 0) is 6.08 Å². The molecule has 0 fully saturated rings. The molecule has 0 atom stereocenters. The molecule has 0 bridgehead atoms. The Kier molecular flexibility index (Phi) is 0.978. The molecule has 0 aromatic heterocycles.